The van der Waals surface area contributed by atoms with Gasteiger partial charge >= 0.3 is 0 Å². The third kappa shape index (κ3) is 1.79. The van der Waals surface area contributed by atoms with Crippen LogP contribution in [0.5, 0.6) is 0 Å². The second kappa shape index (κ2) is 3.80. The van der Waals surface area contributed by atoms with E-state index in [1.54, 1.807) is 0 Å². The van der Waals surface area contributed by atoms with E-state index in [9.17, 15) is 9.59 Å². The van der Waals surface area contributed by atoms with Crippen LogP contribution in [0.4, 0.5) is 0 Å². The van der Waals surface area contributed by atoms with Crippen LogP contribution in [0.15, 0.2) is 0 Å². The van der Waals surface area contributed by atoms with E-state index in [4.69, 9.17) is 5.73 Å². The van der Waals surface area contributed by atoms with Crippen molar-refractivity contribution in [2.45, 2.75) is 51.0 Å². The summed E-state index contributed by atoms with van der Waals surface area (Å²) in [7, 11) is 0. The summed E-state index contributed by atoms with van der Waals surface area (Å²) in [5.74, 6) is 0.611. The summed E-state index contributed by atoms with van der Waals surface area (Å²) in [5, 5.41) is 0. The normalized spacial score (nSPS) is 29.4. The molecule has 4 nitrogen and oxygen atoms in total. The van der Waals surface area contributed by atoms with Gasteiger partial charge in [0.05, 0.1) is 5.41 Å². The number of hydrogen-bond acceptors (Lipinski definition) is 3. The molecule has 94 valence electrons. The molecule has 2 saturated carbocycles. The highest BCUT2D eigenvalue weighted by atomic mass is 16.2. The van der Waals surface area contributed by atoms with Gasteiger partial charge in [-0.1, -0.05) is 12.8 Å². The number of amides is 2. The van der Waals surface area contributed by atoms with E-state index in [1.165, 1.54) is 4.90 Å². The van der Waals surface area contributed by atoms with Crippen molar-refractivity contribution in [1.29, 1.82) is 0 Å². The van der Waals surface area contributed by atoms with E-state index in [0.717, 1.165) is 38.5 Å². The molecule has 1 atom stereocenters. The molecule has 2 aliphatic carbocycles. The highest BCUT2D eigenvalue weighted by molar-refractivity contribution is 6.06. The lowest BCUT2D eigenvalue weighted by atomic mass is 9.84. The highest BCUT2D eigenvalue weighted by Gasteiger charge is 2.53. The molecule has 0 aromatic carbocycles. The monoisotopic (exact) mass is 236 g/mol. The van der Waals surface area contributed by atoms with E-state index >= 15 is 0 Å². The van der Waals surface area contributed by atoms with Crippen molar-refractivity contribution in [3.8, 4) is 0 Å². The van der Waals surface area contributed by atoms with Gasteiger partial charge in [-0.3, -0.25) is 14.5 Å². The molecule has 3 rings (SSSR count). The van der Waals surface area contributed by atoms with Crippen LogP contribution in [0, 0.1) is 11.3 Å². The average molecular weight is 236 g/mol. The predicted molar refractivity (Wildman–Crippen MR) is 62.9 cm³/mol. The molecule has 2 N–H and O–H groups in total. The van der Waals surface area contributed by atoms with Gasteiger partial charge in [0.15, 0.2) is 0 Å². The molecular formula is C13H20N2O2. The molecular weight excluding hydrogens is 216 g/mol. The second-order valence-corrected chi connectivity index (χ2v) is 5.97. The van der Waals surface area contributed by atoms with Crippen molar-refractivity contribution in [2.24, 2.45) is 17.1 Å². The minimum absolute atomic E-state index is 0.000506. The number of carbonyl (C=O) groups is 2. The minimum Gasteiger partial charge on any atom is -0.326 e. The molecule has 0 aromatic heterocycles. The lowest BCUT2D eigenvalue weighted by Crippen LogP contribution is -2.43. The Kier molecular flexibility index (Phi) is 2.51. The Labute approximate surface area is 102 Å². The molecule has 0 radical (unpaired) electrons. The SMILES string of the molecule is NC(CN1C(=O)CC2(CCCC2)C1=O)C1CC1. The van der Waals surface area contributed by atoms with Crippen molar-refractivity contribution < 1.29 is 9.59 Å². The first-order chi connectivity index (χ1) is 8.12. The Hall–Kier alpha value is -0.900. The number of carbonyl (C=O) groups excluding carboxylic acids is 2. The molecule has 17 heavy (non-hydrogen) atoms. The second-order valence-electron chi connectivity index (χ2n) is 5.97. The lowest BCUT2D eigenvalue weighted by Gasteiger charge is -2.23. The van der Waals surface area contributed by atoms with E-state index < -0.39 is 0 Å². The standard InChI is InChI=1S/C13H20N2O2/c14-10(9-3-4-9)8-15-11(16)7-13(12(15)17)5-1-2-6-13/h9-10H,1-8,14H2. The summed E-state index contributed by atoms with van der Waals surface area (Å²) in [4.78, 5) is 25.8. The summed E-state index contributed by atoms with van der Waals surface area (Å²) in [6.45, 7) is 0.448. The Morgan fingerprint density at radius 2 is 1.94 bits per heavy atom. The molecule has 1 heterocycles. The summed E-state index contributed by atoms with van der Waals surface area (Å²) in [5.41, 5.74) is 5.69. The minimum atomic E-state index is -0.333. The number of nitrogens with two attached hydrogens (primary N) is 1. The van der Waals surface area contributed by atoms with Gasteiger partial charge in [-0.05, 0) is 31.6 Å². The first kappa shape index (κ1) is 11.2. The maximum atomic E-state index is 12.4. The molecule has 2 amide bonds. The van der Waals surface area contributed by atoms with E-state index in [1.807, 2.05) is 0 Å². The van der Waals surface area contributed by atoms with Gasteiger partial charge in [-0.2, -0.15) is 0 Å². The van der Waals surface area contributed by atoms with Crippen LogP contribution in [0.25, 0.3) is 0 Å². The van der Waals surface area contributed by atoms with Gasteiger partial charge in [0.2, 0.25) is 11.8 Å². The largest absolute Gasteiger partial charge is 0.326 e. The van der Waals surface area contributed by atoms with Crippen molar-refractivity contribution in [2.75, 3.05) is 6.54 Å². The third-order valence-corrected chi connectivity index (χ3v) is 4.67. The molecule has 1 saturated heterocycles. The number of nitrogens with zero attached hydrogens (tertiary/aromatic N) is 1. The van der Waals surface area contributed by atoms with Crippen LogP contribution < -0.4 is 5.73 Å². The first-order valence-electron chi connectivity index (χ1n) is 6.73. The quantitative estimate of drug-likeness (QED) is 0.745. The predicted octanol–water partition coefficient (Wildman–Crippen LogP) is 1.04. The van der Waals surface area contributed by atoms with Gasteiger partial charge in [0.25, 0.3) is 0 Å². The van der Waals surface area contributed by atoms with Gasteiger partial charge < -0.3 is 5.73 Å². The van der Waals surface area contributed by atoms with Crippen molar-refractivity contribution in [1.82, 2.24) is 4.90 Å². The number of imide groups is 1. The topological polar surface area (TPSA) is 63.4 Å². The van der Waals surface area contributed by atoms with Crippen LogP contribution in [0.2, 0.25) is 0 Å². The van der Waals surface area contributed by atoms with Gasteiger partial charge in [0, 0.05) is 19.0 Å². The molecule has 1 aliphatic heterocycles. The zero-order valence-corrected chi connectivity index (χ0v) is 10.2. The smallest absolute Gasteiger partial charge is 0.235 e. The highest BCUT2D eigenvalue weighted by Crippen LogP contribution is 2.47. The van der Waals surface area contributed by atoms with Crippen LogP contribution >= 0.6 is 0 Å². The molecule has 0 bridgehead atoms. The Morgan fingerprint density at radius 3 is 2.53 bits per heavy atom. The molecule has 3 aliphatic rings. The number of rotatable bonds is 3. The van der Waals surface area contributed by atoms with E-state index in [0.29, 0.717) is 18.9 Å². The van der Waals surface area contributed by atoms with Gasteiger partial charge in [0.1, 0.15) is 0 Å². The Morgan fingerprint density at radius 1 is 1.29 bits per heavy atom. The van der Waals surface area contributed by atoms with Crippen molar-refractivity contribution in [3.63, 3.8) is 0 Å². The zero-order chi connectivity index (χ0) is 12.0. The zero-order valence-electron chi connectivity index (χ0n) is 10.2. The van der Waals surface area contributed by atoms with E-state index in [-0.39, 0.29) is 23.3 Å². The van der Waals surface area contributed by atoms with Crippen LogP contribution in [0.1, 0.15) is 44.9 Å². The summed E-state index contributed by atoms with van der Waals surface area (Å²) in [6, 6.07) is -0.000506. The Balaban J connectivity index is 1.72. The summed E-state index contributed by atoms with van der Waals surface area (Å²) < 4.78 is 0. The van der Waals surface area contributed by atoms with Crippen LogP contribution in [0.3, 0.4) is 0 Å². The number of likely N-dealkylation sites (tertiary alicyclic amines) is 1. The molecule has 0 aromatic rings. The number of hydrogen-bond donors (Lipinski definition) is 1. The summed E-state index contributed by atoms with van der Waals surface area (Å²) >= 11 is 0. The molecule has 1 spiro atoms. The maximum absolute atomic E-state index is 12.4. The van der Waals surface area contributed by atoms with Crippen molar-refractivity contribution >= 4 is 11.8 Å². The lowest BCUT2D eigenvalue weighted by molar-refractivity contribution is -0.141. The summed E-state index contributed by atoms with van der Waals surface area (Å²) in [6.07, 6.45) is 6.71. The first-order valence-corrected chi connectivity index (χ1v) is 6.73. The molecule has 4 heteroatoms. The maximum Gasteiger partial charge on any atom is 0.235 e. The van der Waals surface area contributed by atoms with E-state index in [2.05, 4.69) is 0 Å². The van der Waals surface area contributed by atoms with Gasteiger partial charge in [-0.15, -0.1) is 0 Å². The van der Waals surface area contributed by atoms with Gasteiger partial charge in [-0.25, -0.2) is 0 Å². The fraction of sp³-hybridized carbons (Fsp3) is 0.846. The van der Waals surface area contributed by atoms with Crippen LogP contribution in [-0.4, -0.2) is 29.3 Å². The fourth-order valence-electron chi connectivity index (χ4n) is 3.37. The molecule has 1 unspecified atom stereocenters. The fourth-order valence-corrected chi connectivity index (χ4v) is 3.37. The molecule has 3 fully saturated rings. The third-order valence-electron chi connectivity index (χ3n) is 4.67. The van der Waals surface area contributed by atoms with Crippen molar-refractivity contribution in [3.05, 3.63) is 0 Å². The average Bonchev–Trinajstić information content (AvgIpc) is 3.01. The Bertz CT molecular complexity index is 356. The van der Waals surface area contributed by atoms with Crippen LogP contribution in [-0.2, 0) is 9.59 Å².